The van der Waals surface area contributed by atoms with Crippen LogP contribution in [0.2, 0.25) is 0 Å². The molecule has 0 radical (unpaired) electrons. The summed E-state index contributed by atoms with van der Waals surface area (Å²) in [7, 11) is 0. The highest BCUT2D eigenvalue weighted by Gasteiger charge is 2.44. The van der Waals surface area contributed by atoms with Crippen molar-refractivity contribution < 1.29 is 27.3 Å². The second-order valence-electron chi connectivity index (χ2n) is 6.43. The van der Waals surface area contributed by atoms with Crippen LogP contribution in [0.1, 0.15) is 17.1 Å². The van der Waals surface area contributed by atoms with E-state index in [1.807, 2.05) is 6.07 Å². The molecule has 1 amide bonds. The SMILES string of the molecule is Cc1c([N+](=O)[O-])c(C(F)(F)F)nn1CC(=O)N1CCN(Cc2ccco2)CC1. The fraction of sp³-hybridized carbons (Fsp3) is 0.500. The summed E-state index contributed by atoms with van der Waals surface area (Å²) in [6.45, 7) is 3.23. The highest BCUT2D eigenvalue weighted by Crippen LogP contribution is 2.36. The van der Waals surface area contributed by atoms with Crippen LogP contribution in [-0.2, 0) is 24.1 Å². The number of carbonyl (C=O) groups is 1. The quantitative estimate of drug-likeness (QED) is 0.562. The molecule has 1 aliphatic heterocycles. The molecule has 12 heteroatoms. The van der Waals surface area contributed by atoms with Crippen molar-refractivity contribution in [2.75, 3.05) is 26.2 Å². The summed E-state index contributed by atoms with van der Waals surface area (Å²) < 4.78 is 45.0. The Morgan fingerprint density at radius 3 is 2.50 bits per heavy atom. The Morgan fingerprint density at radius 1 is 1.32 bits per heavy atom. The lowest BCUT2D eigenvalue weighted by molar-refractivity contribution is -0.388. The lowest BCUT2D eigenvalue weighted by Crippen LogP contribution is -2.49. The maximum absolute atomic E-state index is 13.0. The number of alkyl halides is 3. The summed E-state index contributed by atoms with van der Waals surface area (Å²) in [6, 6.07) is 3.64. The molecule has 0 aliphatic carbocycles. The number of nitrogens with zero attached hydrogens (tertiary/aromatic N) is 5. The van der Waals surface area contributed by atoms with Gasteiger partial charge in [0.1, 0.15) is 18.0 Å². The standard InChI is InChI=1S/C16H18F3N5O4/c1-11-14(24(26)27)15(16(17,18)19)20-23(11)10-13(25)22-6-4-21(5-7-22)9-12-3-2-8-28-12/h2-3,8H,4-7,9-10H2,1H3. The lowest BCUT2D eigenvalue weighted by atomic mass is 10.3. The topological polar surface area (TPSA) is 97.6 Å². The van der Waals surface area contributed by atoms with E-state index in [9.17, 15) is 28.1 Å². The van der Waals surface area contributed by atoms with Gasteiger partial charge in [0, 0.05) is 26.2 Å². The number of amides is 1. The molecular weight excluding hydrogens is 383 g/mol. The summed E-state index contributed by atoms with van der Waals surface area (Å²) in [6.07, 6.45) is -3.39. The van der Waals surface area contributed by atoms with Gasteiger partial charge in [0.2, 0.25) is 11.6 Å². The van der Waals surface area contributed by atoms with Gasteiger partial charge in [-0.2, -0.15) is 18.3 Å². The highest BCUT2D eigenvalue weighted by molar-refractivity contribution is 5.76. The van der Waals surface area contributed by atoms with Crippen LogP contribution in [0.15, 0.2) is 22.8 Å². The number of carbonyl (C=O) groups excluding carboxylic acids is 1. The van der Waals surface area contributed by atoms with Crippen molar-refractivity contribution in [1.82, 2.24) is 19.6 Å². The predicted molar refractivity (Wildman–Crippen MR) is 89.2 cm³/mol. The monoisotopic (exact) mass is 401 g/mol. The molecule has 0 spiro atoms. The maximum atomic E-state index is 13.0. The fourth-order valence-corrected chi connectivity index (χ4v) is 3.11. The number of rotatable bonds is 5. The Kier molecular flexibility index (Phi) is 5.40. The van der Waals surface area contributed by atoms with Gasteiger partial charge in [0.15, 0.2) is 0 Å². The molecule has 152 valence electrons. The highest BCUT2D eigenvalue weighted by atomic mass is 19.4. The van der Waals surface area contributed by atoms with Crippen molar-refractivity contribution in [1.29, 1.82) is 0 Å². The van der Waals surface area contributed by atoms with Gasteiger partial charge >= 0.3 is 11.9 Å². The van der Waals surface area contributed by atoms with Gasteiger partial charge in [-0.15, -0.1) is 0 Å². The van der Waals surface area contributed by atoms with Gasteiger partial charge in [0.25, 0.3) is 0 Å². The van der Waals surface area contributed by atoms with Crippen LogP contribution >= 0.6 is 0 Å². The number of hydrogen-bond donors (Lipinski definition) is 0. The first-order chi connectivity index (χ1) is 13.2. The van der Waals surface area contributed by atoms with Gasteiger partial charge in [-0.1, -0.05) is 0 Å². The minimum absolute atomic E-state index is 0.304. The normalized spacial score (nSPS) is 15.8. The number of piperazine rings is 1. The van der Waals surface area contributed by atoms with Crippen LogP contribution < -0.4 is 0 Å². The molecule has 0 atom stereocenters. The molecule has 0 aromatic carbocycles. The van der Waals surface area contributed by atoms with E-state index in [4.69, 9.17) is 4.42 Å². The molecule has 3 heterocycles. The molecule has 2 aromatic heterocycles. The van der Waals surface area contributed by atoms with Gasteiger partial charge in [-0.3, -0.25) is 24.5 Å². The Labute approximate surface area is 157 Å². The number of nitro groups is 1. The van der Waals surface area contributed by atoms with Crippen LogP contribution in [0, 0.1) is 17.0 Å². The average Bonchev–Trinajstić information content (AvgIpc) is 3.23. The Hall–Kier alpha value is -2.89. The van der Waals surface area contributed by atoms with Crippen LogP contribution in [0.5, 0.6) is 0 Å². The van der Waals surface area contributed by atoms with Crippen molar-refractivity contribution in [2.45, 2.75) is 26.2 Å². The first-order valence-electron chi connectivity index (χ1n) is 8.48. The van der Waals surface area contributed by atoms with Crippen molar-refractivity contribution in [3.05, 3.63) is 45.7 Å². The Bertz CT molecular complexity index is 855. The molecule has 1 saturated heterocycles. The Balaban J connectivity index is 1.65. The van der Waals surface area contributed by atoms with E-state index >= 15 is 0 Å². The van der Waals surface area contributed by atoms with Crippen LogP contribution in [0.3, 0.4) is 0 Å². The van der Waals surface area contributed by atoms with Crippen LogP contribution in [0.25, 0.3) is 0 Å². The molecule has 0 bridgehead atoms. The van der Waals surface area contributed by atoms with Gasteiger partial charge in [0.05, 0.1) is 17.7 Å². The van der Waals surface area contributed by atoms with Crippen molar-refractivity contribution in [3.8, 4) is 0 Å². The van der Waals surface area contributed by atoms with E-state index in [1.54, 1.807) is 12.3 Å². The second kappa shape index (κ2) is 7.62. The summed E-state index contributed by atoms with van der Waals surface area (Å²) in [5.41, 5.74) is -3.02. The molecule has 3 rings (SSSR count). The van der Waals surface area contributed by atoms with E-state index < -0.39 is 34.9 Å². The minimum atomic E-state index is -4.97. The third-order valence-electron chi connectivity index (χ3n) is 4.60. The molecule has 0 N–H and O–H groups in total. The molecular formula is C16H18F3N5O4. The lowest BCUT2D eigenvalue weighted by Gasteiger charge is -2.34. The molecule has 9 nitrogen and oxygen atoms in total. The fourth-order valence-electron chi connectivity index (χ4n) is 3.11. The van der Waals surface area contributed by atoms with E-state index in [2.05, 4.69) is 10.00 Å². The smallest absolute Gasteiger partial charge is 0.442 e. The van der Waals surface area contributed by atoms with Gasteiger partial charge < -0.3 is 9.32 Å². The van der Waals surface area contributed by atoms with Gasteiger partial charge in [-0.25, -0.2) is 0 Å². The summed E-state index contributed by atoms with van der Waals surface area (Å²) in [5, 5.41) is 14.3. The van der Waals surface area contributed by atoms with Crippen LogP contribution in [-0.4, -0.2) is 56.6 Å². The first-order valence-corrected chi connectivity index (χ1v) is 8.48. The second-order valence-corrected chi connectivity index (χ2v) is 6.43. The molecule has 0 unspecified atom stereocenters. The Morgan fingerprint density at radius 2 is 2.00 bits per heavy atom. The zero-order valence-corrected chi connectivity index (χ0v) is 15.0. The zero-order valence-electron chi connectivity index (χ0n) is 15.0. The summed E-state index contributed by atoms with van der Waals surface area (Å²) in [4.78, 5) is 25.9. The number of hydrogen-bond acceptors (Lipinski definition) is 6. The average molecular weight is 401 g/mol. The molecule has 1 fully saturated rings. The summed E-state index contributed by atoms with van der Waals surface area (Å²) >= 11 is 0. The third-order valence-corrected chi connectivity index (χ3v) is 4.60. The van der Waals surface area contributed by atoms with Crippen molar-refractivity contribution >= 4 is 11.6 Å². The van der Waals surface area contributed by atoms with Crippen LogP contribution in [0.4, 0.5) is 18.9 Å². The zero-order chi connectivity index (χ0) is 20.5. The molecule has 0 saturated carbocycles. The van der Waals surface area contributed by atoms with E-state index in [0.717, 1.165) is 17.4 Å². The van der Waals surface area contributed by atoms with Crippen molar-refractivity contribution in [2.24, 2.45) is 0 Å². The molecule has 2 aromatic rings. The van der Waals surface area contributed by atoms with Gasteiger partial charge in [-0.05, 0) is 19.1 Å². The van der Waals surface area contributed by atoms with E-state index in [-0.39, 0.29) is 5.69 Å². The number of halogens is 3. The van der Waals surface area contributed by atoms with E-state index in [0.29, 0.717) is 32.7 Å². The number of furan rings is 1. The summed E-state index contributed by atoms with van der Waals surface area (Å²) in [5.74, 6) is 0.366. The third kappa shape index (κ3) is 4.16. The largest absolute Gasteiger partial charge is 0.468 e. The van der Waals surface area contributed by atoms with E-state index in [1.165, 1.54) is 4.90 Å². The predicted octanol–water partition coefficient (Wildman–Crippen LogP) is 2.06. The first kappa shape index (κ1) is 19.9. The molecule has 28 heavy (non-hydrogen) atoms. The maximum Gasteiger partial charge on any atom is 0.442 e. The molecule has 1 aliphatic rings. The number of aromatic nitrogens is 2. The van der Waals surface area contributed by atoms with Crippen molar-refractivity contribution in [3.63, 3.8) is 0 Å². The minimum Gasteiger partial charge on any atom is -0.468 e.